The lowest BCUT2D eigenvalue weighted by Crippen LogP contribution is -2.52. The number of nitrogens with zero attached hydrogens (tertiary/aromatic N) is 2. The van der Waals surface area contributed by atoms with Gasteiger partial charge in [-0.05, 0) is 74.4 Å². The minimum atomic E-state index is -3.83. The lowest BCUT2D eigenvalue weighted by atomic mass is 10.1. The molecule has 1 fully saturated rings. The van der Waals surface area contributed by atoms with Crippen LogP contribution in [0.4, 0.5) is 17.1 Å². The van der Waals surface area contributed by atoms with Gasteiger partial charge in [0.15, 0.2) is 0 Å². The van der Waals surface area contributed by atoms with Gasteiger partial charge in [-0.3, -0.25) is 4.72 Å². The van der Waals surface area contributed by atoms with Crippen molar-refractivity contribution in [3.05, 3.63) is 83.4 Å². The lowest BCUT2D eigenvalue weighted by Gasteiger charge is -2.42. The number of anilines is 3. The molecule has 7 nitrogen and oxygen atoms in total. The number of aromatic carboxylic acids is 1. The molecule has 0 amide bonds. The highest BCUT2D eigenvalue weighted by atomic mass is 32.2. The zero-order valence-corrected chi connectivity index (χ0v) is 20.3. The number of aryl methyl sites for hydroxylation is 2. The zero-order valence-electron chi connectivity index (χ0n) is 19.5. The molecular formula is C26H29N3O4S. The van der Waals surface area contributed by atoms with Crippen LogP contribution in [0, 0.1) is 13.8 Å². The highest BCUT2D eigenvalue weighted by Gasteiger charge is 2.27. The van der Waals surface area contributed by atoms with E-state index < -0.39 is 16.0 Å². The Morgan fingerprint density at radius 1 is 0.971 bits per heavy atom. The second-order valence-corrected chi connectivity index (χ2v) is 10.5. The van der Waals surface area contributed by atoms with Crippen LogP contribution in [-0.2, 0) is 10.0 Å². The second-order valence-electron chi connectivity index (χ2n) is 8.79. The van der Waals surface area contributed by atoms with Gasteiger partial charge >= 0.3 is 5.97 Å². The fraction of sp³-hybridized carbons (Fsp3) is 0.269. The normalized spacial score (nSPS) is 16.4. The van der Waals surface area contributed by atoms with Crippen LogP contribution in [0.2, 0.25) is 0 Å². The van der Waals surface area contributed by atoms with E-state index in [2.05, 4.69) is 46.6 Å². The third kappa shape index (κ3) is 5.02. The van der Waals surface area contributed by atoms with E-state index in [0.29, 0.717) is 18.8 Å². The molecule has 3 aromatic carbocycles. The number of nitrogens with one attached hydrogen (secondary N) is 1. The molecule has 1 aliphatic heterocycles. The van der Waals surface area contributed by atoms with Gasteiger partial charge in [-0.1, -0.05) is 24.3 Å². The minimum absolute atomic E-state index is 0.0700. The Balaban J connectivity index is 1.56. The first-order chi connectivity index (χ1) is 16.1. The summed E-state index contributed by atoms with van der Waals surface area (Å²) in [5, 5.41) is 9.88. The van der Waals surface area contributed by atoms with Crippen LogP contribution < -0.4 is 14.5 Å². The fourth-order valence-electron chi connectivity index (χ4n) is 4.41. The average molecular weight is 480 g/mol. The smallest absolute Gasteiger partial charge is 0.337 e. The van der Waals surface area contributed by atoms with Gasteiger partial charge in [0.1, 0.15) is 0 Å². The summed E-state index contributed by atoms with van der Waals surface area (Å²) in [6.45, 7) is 8.08. The molecule has 4 rings (SSSR count). The van der Waals surface area contributed by atoms with E-state index in [4.69, 9.17) is 0 Å². The number of rotatable bonds is 6. The van der Waals surface area contributed by atoms with Gasteiger partial charge in [0, 0.05) is 37.1 Å². The molecular weight excluding hydrogens is 450 g/mol. The Hall–Kier alpha value is -3.52. The Morgan fingerprint density at radius 3 is 2.32 bits per heavy atom. The molecule has 0 aromatic heterocycles. The Labute approximate surface area is 200 Å². The third-order valence-electron chi connectivity index (χ3n) is 6.08. The summed E-state index contributed by atoms with van der Waals surface area (Å²) in [7, 11) is -3.83. The van der Waals surface area contributed by atoms with Crippen LogP contribution in [0.3, 0.4) is 0 Å². The molecule has 178 valence electrons. The largest absolute Gasteiger partial charge is 0.478 e. The summed E-state index contributed by atoms with van der Waals surface area (Å²) in [6, 6.07) is 19.8. The molecule has 1 atom stereocenters. The summed E-state index contributed by atoms with van der Waals surface area (Å²) < 4.78 is 28.1. The quantitative estimate of drug-likeness (QED) is 0.540. The topological polar surface area (TPSA) is 90.0 Å². The van der Waals surface area contributed by atoms with E-state index in [0.717, 1.165) is 17.8 Å². The Morgan fingerprint density at radius 2 is 1.68 bits per heavy atom. The summed E-state index contributed by atoms with van der Waals surface area (Å²) in [4.78, 5) is 16.6. The van der Waals surface area contributed by atoms with Crippen molar-refractivity contribution in [3.63, 3.8) is 0 Å². The van der Waals surface area contributed by atoms with Crippen LogP contribution in [0.1, 0.15) is 28.4 Å². The first kappa shape index (κ1) is 23.6. The van der Waals surface area contributed by atoms with Crippen LogP contribution in [0.25, 0.3) is 0 Å². The number of carboxylic acid groups (broad SMARTS) is 1. The fourth-order valence-corrected chi connectivity index (χ4v) is 5.56. The Kier molecular flexibility index (Phi) is 6.52. The molecule has 3 aromatic rings. The summed E-state index contributed by atoms with van der Waals surface area (Å²) in [6.07, 6.45) is 0. The molecule has 0 aliphatic carbocycles. The van der Waals surface area contributed by atoms with Crippen LogP contribution in [-0.4, -0.2) is 45.2 Å². The first-order valence-electron chi connectivity index (χ1n) is 11.2. The van der Waals surface area contributed by atoms with Crippen molar-refractivity contribution in [3.8, 4) is 0 Å². The average Bonchev–Trinajstić information content (AvgIpc) is 2.78. The lowest BCUT2D eigenvalue weighted by molar-refractivity contribution is 0.0697. The predicted octanol–water partition coefficient (Wildman–Crippen LogP) is 4.52. The number of benzene rings is 3. The van der Waals surface area contributed by atoms with E-state index in [1.54, 1.807) is 24.3 Å². The molecule has 0 spiro atoms. The van der Waals surface area contributed by atoms with E-state index in [-0.39, 0.29) is 22.2 Å². The van der Waals surface area contributed by atoms with Crippen molar-refractivity contribution in [1.82, 2.24) is 0 Å². The van der Waals surface area contributed by atoms with Gasteiger partial charge in [-0.2, -0.15) is 0 Å². The maximum Gasteiger partial charge on any atom is 0.337 e. The highest BCUT2D eigenvalue weighted by Crippen LogP contribution is 2.30. The van der Waals surface area contributed by atoms with E-state index in [9.17, 15) is 18.3 Å². The number of sulfonamides is 1. The van der Waals surface area contributed by atoms with Crippen molar-refractivity contribution in [2.75, 3.05) is 34.2 Å². The molecule has 34 heavy (non-hydrogen) atoms. The molecule has 0 bridgehead atoms. The first-order valence-corrected chi connectivity index (χ1v) is 12.7. The van der Waals surface area contributed by atoms with Gasteiger partial charge in [0.2, 0.25) is 0 Å². The van der Waals surface area contributed by atoms with Crippen molar-refractivity contribution < 1.29 is 18.3 Å². The summed E-state index contributed by atoms with van der Waals surface area (Å²) in [5.41, 5.74) is 4.05. The number of carboxylic acids is 1. The predicted molar refractivity (Wildman–Crippen MR) is 136 cm³/mol. The second kappa shape index (κ2) is 9.38. The molecule has 1 heterocycles. The van der Waals surface area contributed by atoms with Gasteiger partial charge in [0.05, 0.1) is 16.1 Å². The van der Waals surface area contributed by atoms with E-state index in [1.807, 2.05) is 19.1 Å². The van der Waals surface area contributed by atoms with Gasteiger partial charge < -0.3 is 14.9 Å². The number of piperazine rings is 1. The summed E-state index contributed by atoms with van der Waals surface area (Å²) >= 11 is 0. The van der Waals surface area contributed by atoms with E-state index >= 15 is 0 Å². The van der Waals surface area contributed by atoms with Crippen molar-refractivity contribution in [2.24, 2.45) is 0 Å². The highest BCUT2D eigenvalue weighted by molar-refractivity contribution is 7.92. The standard InChI is InChI=1S/C26H29N3O4S/c1-18-6-4-8-22(14-18)29-13-12-28(17-20(29)3)25-11-10-21(16-24(25)26(30)31)27-34(32,33)23-9-5-7-19(2)15-23/h4-11,14-16,20,27H,12-13,17H2,1-3H3,(H,30,31)/t20-/m1/s1. The molecule has 0 saturated carbocycles. The number of hydrogen-bond donors (Lipinski definition) is 2. The van der Waals surface area contributed by atoms with Crippen LogP contribution in [0.15, 0.2) is 71.6 Å². The molecule has 0 radical (unpaired) electrons. The maximum absolute atomic E-state index is 12.8. The van der Waals surface area contributed by atoms with Gasteiger partial charge in [-0.15, -0.1) is 0 Å². The molecule has 2 N–H and O–H groups in total. The SMILES string of the molecule is Cc1cccc(N2CCN(c3ccc(NS(=O)(=O)c4cccc(C)c4)cc3C(=O)O)C[C@H]2C)c1. The van der Waals surface area contributed by atoms with Crippen molar-refractivity contribution >= 4 is 33.1 Å². The Bertz CT molecular complexity index is 1320. The minimum Gasteiger partial charge on any atom is -0.478 e. The molecule has 1 saturated heterocycles. The summed E-state index contributed by atoms with van der Waals surface area (Å²) in [5.74, 6) is -1.10. The molecule has 1 aliphatic rings. The maximum atomic E-state index is 12.8. The van der Waals surface area contributed by atoms with Crippen LogP contribution in [0.5, 0.6) is 0 Å². The van der Waals surface area contributed by atoms with Crippen LogP contribution >= 0.6 is 0 Å². The van der Waals surface area contributed by atoms with Gasteiger partial charge in [0.25, 0.3) is 10.0 Å². The van der Waals surface area contributed by atoms with Crippen molar-refractivity contribution in [1.29, 1.82) is 0 Å². The van der Waals surface area contributed by atoms with Crippen molar-refractivity contribution in [2.45, 2.75) is 31.7 Å². The molecule has 0 unspecified atom stereocenters. The van der Waals surface area contributed by atoms with Gasteiger partial charge in [-0.25, -0.2) is 13.2 Å². The third-order valence-corrected chi connectivity index (χ3v) is 7.46. The monoisotopic (exact) mass is 479 g/mol. The molecule has 8 heteroatoms. The van der Waals surface area contributed by atoms with E-state index in [1.165, 1.54) is 17.7 Å². The number of carbonyl (C=O) groups is 1. The zero-order chi connectivity index (χ0) is 24.5. The number of hydrogen-bond acceptors (Lipinski definition) is 5.